The van der Waals surface area contributed by atoms with Gasteiger partial charge in [-0.15, -0.1) is 72.3 Å². The first kappa shape index (κ1) is 36.3. The Morgan fingerprint density at radius 1 is 1.00 bits per heavy atom. The van der Waals surface area contributed by atoms with E-state index < -0.39 is 11.9 Å². The molecule has 4 nitrogen and oxygen atoms in total. The van der Waals surface area contributed by atoms with Crippen molar-refractivity contribution in [3.63, 3.8) is 0 Å². The highest BCUT2D eigenvalue weighted by Gasteiger charge is 1.99. The molecule has 0 heterocycles. The molecule has 0 radical (unpaired) electrons. The zero-order chi connectivity index (χ0) is 18.7. The molecule has 21 heavy (non-hydrogen) atoms. The van der Waals surface area contributed by atoms with Gasteiger partial charge in [-0.3, -0.25) is 4.79 Å². The monoisotopic (exact) mass is 296 g/mol. The van der Waals surface area contributed by atoms with E-state index in [9.17, 15) is 9.59 Å². The van der Waals surface area contributed by atoms with E-state index in [0.29, 0.717) is 19.3 Å². The van der Waals surface area contributed by atoms with Gasteiger partial charge in [0.25, 0.3) is 0 Å². The second-order valence-electron chi connectivity index (χ2n) is 2.13. The highest BCUT2D eigenvalue weighted by Crippen LogP contribution is 2.02. The maximum absolute atomic E-state index is 10.3. The highest BCUT2D eigenvalue weighted by molar-refractivity contribution is 5.79. The topological polar surface area (TPSA) is 74.3 Å². The maximum Gasteiger partial charge on any atom is 0.216 e. The molecule has 0 spiro atoms. The van der Waals surface area contributed by atoms with Crippen molar-refractivity contribution in [2.45, 2.75) is 18.9 Å². The number of amides is 1. The zero-order valence-corrected chi connectivity index (χ0v) is 13.4. The van der Waals surface area contributed by atoms with E-state index in [1.165, 1.54) is 0 Å². The summed E-state index contributed by atoms with van der Waals surface area (Å²) in [6.07, 6.45) is 1.26. The fourth-order valence-corrected chi connectivity index (χ4v) is 0.619. The first-order chi connectivity index (χ1) is 10.2. The Morgan fingerprint density at radius 3 is 1.52 bits per heavy atom. The average molecular weight is 296 g/mol. The van der Waals surface area contributed by atoms with Gasteiger partial charge in [0.1, 0.15) is 6.29 Å². The fourth-order valence-electron chi connectivity index (χ4n) is 0.619. The summed E-state index contributed by atoms with van der Waals surface area (Å²) in [5.41, 5.74) is 4.87. The molecule has 0 aromatic carbocycles. The van der Waals surface area contributed by atoms with Crippen LogP contribution < -0.4 is 5.73 Å². The Labute approximate surface area is 131 Å². The van der Waals surface area contributed by atoms with Crippen molar-refractivity contribution >= 4 is 12.2 Å². The number of nitrogens with zero attached hydrogens (tertiary/aromatic N) is 1. The first-order valence-electron chi connectivity index (χ1n) is 5.90. The highest BCUT2D eigenvalue weighted by atomic mass is 16.1. The Morgan fingerprint density at radius 2 is 1.33 bits per heavy atom. The summed E-state index contributed by atoms with van der Waals surface area (Å²) in [5.74, 6) is -0.505. The van der Waals surface area contributed by atoms with Crippen LogP contribution in [-0.4, -0.2) is 24.8 Å². The van der Waals surface area contributed by atoms with Crippen molar-refractivity contribution in [3.05, 3.63) is 78.0 Å². The minimum Gasteiger partial charge on any atom is -0.650 e. The fraction of sp³-hybridized carbons (Fsp3) is 0.235. The minimum absolute atomic E-state index is 0.00347. The number of hydrogen-bond acceptors (Lipinski definition) is 2. The van der Waals surface area contributed by atoms with Crippen LogP contribution in [0.1, 0.15) is 12.8 Å². The van der Waals surface area contributed by atoms with Gasteiger partial charge in [-0.05, 0) is 0 Å². The van der Waals surface area contributed by atoms with E-state index in [4.69, 9.17) is 5.73 Å². The van der Waals surface area contributed by atoms with E-state index in [1.54, 1.807) is 0 Å². The van der Waals surface area contributed by atoms with E-state index in [0.717, 1.165) is 0 Å². The standard InChI is InChI=1S/C7H12N2O2.5C2H4/c1-2-3-9-6(5-10)4-7(8)11;5*1-2/h5-6H,1-4H2,(H2,8,11);5*1-2H2/t6-;;;;;/m1...../s1. The van der Waals surface area contributed by atoms with Crippen molar-refractivity contribution in [2.75, 3.05) is 6.54 Å². The van der Waals surface area contributed by atoms with Gasteiger partial charge < -0.3 is 15.8 Å². The summed E-state index contributed by atoms with van der Waals surface area (Å²) < 4.78 is 0. The summed E-state index contributed by atoms with van der Waals surface area (Å²) in [7, 11) is 0. The third-order valence-electron chi connectivity index (χ3n) is 1.09. The van der Waals surface area contributed by atoms with Crippen molar-refractivity contribution in [1.82, 2.24) is 0 Å². The second-order valence-corrected chi connectivity index (χ2v) is 2.13. The lowest BCUT2D eigenvalue weighted by Gasteiger charge is -2.22. The lowest BCUT2D eigenvalue weighted by molar-refractivity contribution is -0.120. The SMILES string of the molecule is C=C.C=C.C=C.C=C.C=C.[CH2+]CC[N-][C@@H](C=O)CC(N)=O. The van der Waals surface area contributed by atoms with Crippen LogP contribution >= 0.6 is 0 Å². The molecule has 0 aliphatic carbocycles. The van der Waals surface area contributed by atoms with Crippen LogP contribution in [0.3, 0.4) is 0 Å². The van der Waals surface area contributed by atoms with E-state index in [-0.39, 0.29) is 6.42 Å². The molecule has 122 valence electrons. The largest absolute Gasteiger partial charge is 0.650 e. The summed E-state index contributed by atoms with van der Waals surface area (Å²) >= 11 is 0. The number of carbonyl (C=O) groups excluding carboxylic acids is 2. The third kappa shape index (κ3) is 73.8. The second kappa shape index (κ2) is 65.3. The van der Waals surface area contributed by atoms with Crippen LogP contribution in [0.25, 0.3) is 5.32 Å². The number of nitrogens with two attached hydrogens (primary N) is 1. The molecule has 0 bridgehead atoms. The van der Waals surface area contributed by atoms with Crippen LogP contribution in [0, 0.1) is 6.92 Å². The Hall–Kier alpha value is -2.33. The third-order valence-corrected chi connectivity index (χ3v) is 1.09. The molecule has 0 aromatic rings. The number of rotatable bonds is 6. The molecule has 0 saturated carbocycles. The molecule has 0 saturated heterocycles. The number of primary amides is 1. The van der Waals surface area contributed by atoms with Gasteiger partial charge in [0, 0.05) is 6.42 Å². The molecule has 1 atom stereocenters. The molecular formula is C17H32N2O2. The van der Waals surface area contributed by atoms with Gasteiger partial charge in [-0.1, -0.05) is 6.04 Å². The van der Waals surface area contributed by atoms with Gasteiger partial charge in [0.05, 0.1) is 13.3 Å². The number of aldehydes is 1. The van der Waals surface area contributed by atoms with Crippen molar-refractivity contribution in [2.24, 2.45) is 5.73 Å². The first-order valence-corrected chi connectivity index (χ1v) is 5.90. The molecule has 0 rings (SSSR count). The molecule has 0 unspecified atom stereocenters. The average Bonchev–Trinajstić information content (AvgIpc) is 2.60. The van der Waals surface area contributed by atoms with Crippen LogP contribution in [0.5, 0.6) is 0 Å². The summed E-state index contributed by atoms with van der Waals surface area (Å²) in [4.78, 5) is 20.5. The van der Waals surface area contributed by atoms with E-state index in [2.05, 4.69) is 78.0 Å². The lowest BCUT2D eigenvalue weighted by atomic mass is 10.2. The zero-order valence-electron chi connectivity index (χ0n) is 13.4. The van der Waals surface area contributed by atoms with Crippen LogP contribution in [0.4, 0.5) is 0 Å². The molecular weight excluding hydrogens is 264 g/mol. The van der Waals surface area contributed by atoms with Crippen molar-refractivity contribution < 1.29 is 9.59 Å². The summed E-state index contributed by atoms with van der Waals surface area (Å²) in [6.45, 7) is 34.0. The van der Waals surface area contributed by atoms with Crippen molar-refractivity contribution in [3.8, 4) is 0 Å². The van der Waals surface area contributed by atoms with Gasteiger partial charge in [-0.25, -0.2) is 0 Å². The lowest BCUT2D eigenvalue weighted by Crippen LogP contribution is -2.21. The number of hydrogen-bond donors (Lipinski definition) is 1. The van der Waals surface area contributed by atoms with Gasteiger partial charge in [0.15, 0.2) is 0 Å². The van der Waals surface area contributed by atoms with Crippen LogP contribution in [0.15, 0.2) is 65.8 Å². The van der Waals surface area contributed by atoms with Crippen LogP contribution in [-0.2, 0) is 9.59 Å². The minimum atomic E-state index is -0.575. The maximum atomic E-state index is 10.3. The van der Waals surface area contributed by atoms with E-state index >= 15 is 0 Å². The predicted molar refractivity (Wildman–Crippen MR) is 98.1 cm³/mol. The van der Waals surface area contributed by atoms with E-state index in [1.807, 2.05) is 0 Å². The molecule has 0 aromatic heterocycles. The smallest absolute Gasteiger partial charge is 0.216 e. The molecule has 1 amide bonds. The number of carbonyl (C=O) groups is 2. The molecule has 0 aliphatic rings. The quantitative estimate of drug-likeness (QED) is 0.456. The Balaban J connectivity index is -0.0000000474. The molecule has 2 N–H and O–H groups in total. The normalized spacial score (nSPS) is 7.43. The van der Waals surface area contributed by atoms with Crippen LogP contribution in [0.2, 0.25) is 0 Å². The predicted octanol–water partition coefficient (Wildman–Crippen LogP) is 4.04. The summed E-state index contributed by atoms with van der Waals surface area (Å²) in [6, 6.07) is -0.575. The molecule has 4 heteroatoms. The Kier molecular flexibility index (Phi) is 113. The van der Waals surface area contributed by atoms with Crippen molar-refractivity contribution in [1.29, 1.82) is 0 Å². The van der Waals surface area contributed by atoms with Gasteiger partial charge >= 0.3 is 0 Å². The van der Waals surface area contributed by atoms with Gasteiger partial charge in [0.2, 0.25) is 5.91 Å². The summed E-state index contributed by atoms with van der Waals surface area (Å²) in [5, 5.41) is 3.87. The molecule has 0 aliphatic heterocycles. The van der Waals surface area contributed by atoms with Gasteiger partial charge in [-0.2, -0.15) is 0 Å². The molecule has 0 fully saturated rings. The Bertz CT molecular complexity index is 186.